The molecule has 1 aliphatic carbocycles. The van der Waals surface area contributed by atoms with E-state index in [9.17, 15) is 10.2 Å². The SMILES string of the molecule is CCC1(O)c2ccccc2-c2c1c(-c1ccccc1)c(O)c1cc(OC)c(OC)cc21. The first-order chi connectivity index (χ1) is 15.0. The van der Waals surface area contributed by atoms with Crippen LogP contribution in [0.1, 0.15) is 24.5 Å². The highest BCUT2D eigenvalue weighted by Crippen LogP contribution is 2.58. The lowest BCUT2D eigenvalue weighted by Crippen LogP contribution is -2.24. The van der Waals surface area contributed by atoms with E-state index in [0.29, 0.717) is 28.9 Å². The Balaban J connectivity index is 2.04. The highest BCUT2D eigenvalue weighted by molar-refractivity contribution is 6.11. The Morgan fingerprint density at radius 1 is 0.806 bits per heavy atom. The molecule has 0 radical (unpaired) electrons. The van der Waals surface area contributed by atoms with Gasteiger partial charge in [-0.15, -0.1) is 0 Å². The van der Waals surface area contributed by atoms with Crippen molar-refractivity contribution in [1.29, 1.82) is 0 Å². The van der Waals surface area contributed by atoms with E-state index < -0.39 is 5.60 Å². The lowest BCUT2D eigenvalue weighted by molar-refractivity contribution is 0.0818. The third-order valence-electron chi connectivity index (χ3n) is 6.41. The number of hydrogen-bond donors (Lipinski definition) is 2. The minimum atomic E-state index is -1.21. The van der Waals surface area contributed by atoms with Crippen LogP contribution in [0.15, 0.2) is 66.7 Å². The van der Waals surface area contributed by atoms with Gasteiger partial charge in [0.1, 0.15) is 11.4 Å². The van der Waals surface area contributed by atoms with Crippen molar-refractivity contribution >= 4 is 10.8 Å². The summed E-state index contributed by atoms with van der Waals surface area (Å²) in [5.41, 5.74) is 3.77. The van der Waals surface area contributed by atoms with Gasteiger partial charge < -0.3 is 19.7 Å². The van der Waals surface area contributed by atoms with Gasteiger partial charge in [0.05, 0.1) is 14.2 Å². The summed E-state index contributed by atoms with van der Waals surface area (Å²) >= 11 is 0. The normalized spacial score (nSPS) is 16.8. The maximum Gasteiger partial charge on any atom is 0.161 e. The first-order valence-electron chi connectivity index (χ1n) is 10.4. The standard InChI is InChI=1S/C27H24O4/c1-4-27(29)20-13-9-8-12-17(20)24-18-14-21(30-2)22(31-3)15-19(18)26(28)23(25(24)27)16-10-6-5-7-11-16/h5-15,28-29H,4H2,1-3H3. The Morgan fingerprint density at radius 3 is 2.06 bits per heavy atom. The quantitative estimate of drug-likeness (QED) is 0.441. The highest BCUT2D eigenvalue weighted by atomic mass is 16.5. The van der Waals surface area contributed by atoms with Gasteiger partial charge in [-0.3, -0.25) is 0 Å². The maximum atomic E-state index is 12.0. The summed E-state index contributed by atoms with van der Waals surface area (Å²) in [4.78, 5) is 0. The highest BCUT2D eigenvalue weighted by Gasteiger charge is 2.44. The van der Waals surface area contributed by atoms with E-state index in [0.717, 1.165) is 33.2 Å². The molecule has 4 aromatic carbocycles. The predicted molar refractivity (Wildman–Crippen MR) is 123 cm³/mol. The van der Waals surface area contributed by atoms with Crippen LogP contribution in [-0.2, 0) is 5.60 Å². The molecule has 5 rings (SSSR count). The smallest absolute Gasteiger partial charge is 0.161 e. The van der Waals surface area contributed by atoms with Crippen LogP contribution in [0.25, 0.3) is 33.0 Å². The molecule has 4 aromatic rings. The monoisotopic (exact) mass is 412 g/mol. The van der Waals surface area contributed by atoms with E-state index in [1.165, 1.54) is 0 Å². The van der Waals surface area contributed by atoms with Crippen LogP contribution in [-0.4, -0.2) is 24.4 Å². The maximum absolute atomic E-state index is 12.0. The number of phenols is 1. The number of phenolic OH excluding ortho intramolecular Hbond substituents is 1. The summed E-state index contributed by atoms with van der Waals surface area (Å²) in [5, 5.41) is 25.0. The minimum absolute atomic E-state index is 0.126. The fraction of sp³-hybridized carbons (Fsp3) is 0.185. The predicted octanol–water partition coefficient (Wildman–Crippen LogP) is 5.86. The molecule has 0 bridgehead atoms. The third-order valence-corrected chi connectivity index (χ3v) is 6.41. The zero-order valence-corrected chi connectivity index (χ0v) is 17.8. The van der Waals surface area contributed by atoms with Crippen LogP contribution >= 0.6 is 0 Å². The molecular formula is C27H24O4. The van der Waals surface area contributed by atoms with E-state index in [1.807, 2.05) is 73.7 Å². The molecule has 1 atom stereocenters. The Hall–Kier alpha value is -3.50. The zero-order chi connectivity index (χ0) is 21.8. The summed E-state index contributed by atoms with van der Waals surface area (Å²) < 4.78 is 11.1. The second kappa shape index (κ2) is 7.03. The van der Waals surface area contributed by atoms with Crippen molar-refractivity contribution in [3.05, 3.63) is 77.9 Å². The number of aliphatic hydroxyl groups is 1. The molecule has 0 aliphatic heterocycles. The Morgan fingerprint density at radius 2 is 1.42 bits per heavy atom. The lowest BCUT2D eigenvalue weighted by atomic mass is 9.82. The molecule has 4 heteroatoms. The number of rotatable bonds is 4. The van der Waals surface area contributed by atoms with E-state index in [4.69, 9.17) is 9.47 Å². The number of aromatic hydroxyl groups is 1. The van der Waals surface area contributed by atoms with Crippen molar-refractivity contribution < 1.29 is 19.7 Å². The lowest BCUT2D eigenvalue weighted by Gasteiger charge is -2.28. The molecule has 0 heterocycles. The topological polar surface area (TPSA) is 58.9 Å². The number of hydrogen-bond acceptors (Lipinski definition) is 4. The van der Waals surface area contributed by atoms with Crippen LogP contribution in [0.5, 0.6) is 17.2 Å². The fourth-order valence-electron chi connectivity index (χ4n) is 4.94. The average molecular weight is 412 g/mol. The number of fused-ring (bicyclic) bond motifs is 5. The molecular weight excluding hydrogens is 388 g/mol. The van der Waals surface area contributed by atoms with Crippen molar-refractivity contribution in [1.82, 2.24) is 0 Å². The van der Waals surface area contributed by atoms with Gasteiger partial charge in [0.2, 0.25) is 0 Å². The minimum Gasteiger partial charge on any atom is -0.507 e. The van der Waals surface area contributed by atoms with Gasteiger partial charge in [0.15, 0.2) is 11.5 Å². The number of methoxy groups -OCH3 is 2. The Kier molecular flexibility index (Phi) is 4.42. The molecule has 0 saturated carbocycles. The second-order valence-corrected chi connectivity index (χ2v) is 7.85. The fourth-order valence-corrected chi connectivity index (χ4v) is 4.94. The molecule has 2 N–H and O–H groups in total. The van der Waals surface area contributed by atoms with E-state index in [1.54, 1.807) is 14.2 Å². The van der Waals surface area contributed by atoms with E-state index in [2.05, 4.69) is 0 Å². The molecule has 1 aliphatic rings. The molecule has 0 aromatic heterocycles. The average Bonchev–Trinajstić information content (AvgIpc) is 3.08. The number of ether oxygens (including phenoxy) is 2. The largest absolute Gasteiger partial charge is 0.507 e. The summed E-state index contributed by atoms with van der Waals surface area (Å²) in [7, 11) is 3.18. The molecule has 4 nitrogen and oxygen atoms in total. The number of benzene rings is 4. The van der Waals surface area contributed by atoms with Crippen molar-refractivity contribution in [2.75, 3.05) is 14.2 Å². The van der Waals surface area contributed by atoms with Crippen molar-refractivity contribution in [2.24, 2.45) is 0 Å². The molecule has 0 amide bonds. The zero-order valence-electron chi connectivity index (χ0n) is 17.8. The molecule has 156 valence electrons. The van der Waals surface area contributed by atoms with Gasteiger partial charge in [-0.1, -0.05) is 61.5 Å². The van der Waals surface area contributed by atoms with Crippen LogP contribution in [0.3, 0.4) is 0 Å². The molecule has 0 fully saturated rings. The molecule has 1 unspecified atom stereocenters. The third kappa shape index (κ3) is 2.58. The van der Waals surface area contributed by atoms with Crippen LogP contribution < -0.4 is 9.47 Å². The van der Waals surface area contributed by atoms with Gasteiger partial charge in [-0.25, -0.2) is 0 Å². The molecule has 31 heavy (non-hydrogen) atoms. The van der Waals surface area contributed by atoms with Gasteiger partial charge >= 0.3 is 0 Å². The Bertz CT molecular complexity index is 1310. The first kappa shape index (κ1) is 19.5. The van der Waals surface area contributed by atoms with Gasteiger partial charge in [-0.05, 0) is 46.2 Å². The van der Waals surface area contributed by atoms with Crippen molar-refractivity contribution in [3.8, 4) is 39.5 Å². The molecule has 0 spiro atoms. The van der Waals surface area contributed by atoms with Crippen LogP contribution in [0, 0.1) is 0 Å². The van der Waals surface area contributed by atoms with Crippen molar-refractivity contribution in [2.45, 2.75) is 18.9 Å². The summed E-state index contributed by atoms with van der Waals surface area (Å²) in [6, 6.07) is 21.4. The van der Waals surface area contributed by atoms with Gasteiger partial charge in [0, 0.05) is 16.5 Å². The van der Waals surface area contributed by atoms with Gasteiger partial charge in [-0.2, -0.15) is 0 Å². The van der Waals surface area contributed by atoms with E-state index >= 15 is 0 Å². The van der Waals surface area contributed by atoms with Crippen LogP contribution in [0.4, 0.5) is 0 Å². The first-order valence-corrected chi connectivity index (χ1v) is 10.4. The van der Waals surface area contributed by atoms with Crippen LogP contribution in [0.2, 0.25) is 0 Å². The second-order valence-electron chi connectivity index (χ2n) is 7.85. The molecule has 0 saturated heterocycles. The summed E-state index contributed by atoms with van der Waals surface area (Å²) in [6.45, 7) is 1.97. The van der Waals surface area contributed by atoms with Gasteiger partial charge in [0.25, 0.3) is 0 Å². The van der Waals surface area contributed by atoms with E-state index in [-0.39, 0.29) is 5.75 Å². The Labute approximate surface area is 181 Å². The summed E-state index contributed by atoms with van der Waals surface area (Å²) in [6.07, 6.45) is 0.481. The van der Waals surface area contributed by atoms with Crippen molar-refractivity contribution in [3.63, 3.8) is 0 Å². The summed E-state index contributed by atoms with van der Waals surface area (Å²) in [5.74, 6) is 1.25.